The van der Waals surface area contributed by atoms with Crippen molar-refractivity contribution in [2.75, 3.05) is 31.6 Å². The molecular weight excluding hydrogens is 371 g/mol. The van der Waals surface area contributed by atoms with Crippen LogP contribution in [0.15, 0.2) is 16.6 Å². The van der Waals surface area contributed by atoms with Gasteiger partial charge in [0.25, 0.3) is 0 Å². The Morgan fingerprint density at radius 1 is 1.43 bits per heavy atom. The second kappa shape index (κ2) is 7.16. The summed E-state index contributed by atoms with van der Waals surface area (Å²) in [4.78, 5) is 26.4. The second-order valence-electron chi connectivity index (χ2n) is 5.23. The van der Waals surface area contributed by atoms with Gasteiger partial charge in [-0.3, -0.25) is 0 Å². The van der Waals surface area contributed by atoms with Crippen molar-refractivity contribution in [1.29, 1.82) is 0 Å². The van der Waals surface area contributed by atoms with Crippen molar-refractivity contribution in [3.05, 3.63) is 28.0 Å². The fourth-order valence-electron chi connectivity index (χ4n) is 2.77. The van der Waals surface area contributed by atoms with Gasteiger partial charge in [-0.1, -0.05) is 6.92 Å². The lowest BCUT2D eigenvalue weighted by Gasteiger charge is -2.42. The maximum absolute atomic E-state index is 14.4. The number of nitrogens with zero attached hydrogens (tertiary/aromatic N) is 2. The molecule has 1 fully saturated rings. The lowest BCUT2D eigenvalue weighted by Crippen LogP contribution is -2.54. The van der Waals surface area contributed by atoms with E-state index >= 15 is 0 Å². The molecule has 0 aromatic heterocycles. The van der Waals surface area contributed by atoms with E-state index < -0.39 is 17.9 Å². The number of benzene rings is 1. The van der Waals surface area contributed by atoms with Gasteiger partial charge < -0.3 is 19.6 Å². The molecule has 1 aliphatic rings. The van der Waals surface area contributed by atoms with Crippen LogP contribution in [-0.2, 0) is 4.74 Å². The normalized spacial score (nSPS) is 18.0. The molecule has 1 aliphatic heterocycles. The fraction of sp³-hybridized carbons (Fsp3) is 0.467. The topological polar surface area (TPSA) is 70.1 Å². The highest BCUT2D eigenvalue weighted by Gasteiger charge is 2.32. The average molecular weight is 389 g/mol. The van der Waals surface area contributed by atoms with Gasteiger partial charge in [-0.15, -0.1) is 0 Å². The Hall–Kier alpha value is -1.83. The van der Waals surface area contributed by atoms with Crippen LogP contribution in [0, 0.1) is 5.82 Å². The third-order valence-corrected chi connectivity index (χ3v) is 4.61. The van der Waals surface area contributed by atoms with Crippen LogP contribution in [-0.4, -0.2) is 54.9 Å². The van der Waals surface area contributed by atoms with Gasteiger partial charge in [0, 0.05) is 25.7 Å². The maximum Gasteiger partial charge on any atom is 0.407 e. The summed E-state index contributed by atoms with van der Waals surface area (Å²) in [6, 6.07) is 3.05. The molecule has 1 aromatic rings. The van der Waals surface area contributed by atoms with Crippen molar-refractivity contribution in [2.45, 2.75) is 19.4 Å². The van der Waals surface area contributed by atoms with Gasteiger partial charge in [-0.2, -0.15) is 0 Å². The van der Waals surface area contributed by atoms with Crippen molar-refractivity contribution in [1.82, 2.24) is 4.90 Å². The van der Waals surface area contributed by atoms with E-state index in [1.807, 2.05) is 11.8 Å². The van der Waals surface area contributed by atoms with Gasteiger partial charge in [-0.25, -0.2) is 14.0 Å². The fourth-order valence-corrected chi connectivity index (χ4v) is 3.10. The molecule has 1 N–H and O–H groups in total. The van der Waals surface area contributed by atoms with E-state index in [1.54, 1.807) is 6.07 Å². The zero-order valence-electron chi connectivity index (χ0n) is 12.9. The van der Waals surface area contributed by atoms with Gasteiger partial charge in [0.15, 0.2) is 5.82 Å². The number of hydrogen-bond donors (Lipinski definition) is 1. The number of carbonyl (C=O) groups excluding carboxylic acids is 1. The zero-order chi connectivity index (χ0) is 17.1. The van der Waals surface area contributed by atoms with Crippen LogP contribution in [0.2, 0.25) is 0 Å². The molecular formula is C15H18BrFN2O4. The van der Waals surface area contributed by atoms with Crippen LogP contribution in [0.5, 0.6) is 0 Å². The summed E-state index contributed by atoms with van der Waals surface area (Å²) in [5.74, 6) is -1.43. The smallest absolute Gasteiger partial charge is 0.407 e. The third kappa shape index (κ3) is 3.41. The second-order valence-corrected chi connectivity index (χ2v) is 6.09. The van der Waals surface area contributed by atoms with Crippen LogP contribution in [0.4, 0.5) is 14.9 Å². The minimum absolute atomic E-state index is 0.135. The number of halogens is 2. The molecule has 0 radical (unpaired) electrons. The van der Waals surface area contributed by atoms with E-state index in [2.05, 4.69) is 15.9 Å². The number of piperazine rings is 1. The van der Waals surface area contributed by atoms with Gasteiger partial charge in [-0.05, 0) is 34.5 Å². The van der Waals surface area contributed by atoms with Crippen molar-refractivity contribution in [2.24, 2.45) is 0 Å². The minimum atomic E-state index is -0.974. The molecule has 6 nitrogen and oxygen atoms in total. The number of esters is 1. The summed E-state index contributed by atoms with van der Waals surface area (Å²) in [5, 5.41) is 9.14. The first-order valence-corrected chi connectivity index (χ1v) is 8.00. The Kier molecular flexibility index (Phi) is 5.46. The molecule has 1 atom stereocenters. The third-order valence-electron chi connectivity index (χ3n) is 4.00. The summed E-state index contributed by atoms with van der Waals surface area (Å²) in [6.45, 7) is 2.92. The molecule has 0 bridgehead atoms. The number of carbonyl (C=O) groups is 2. The standard InChI is InChI=1S/C15H18BrFN2O4/c1-3-9-8-18(15(21)22)6-7-19(9)11-5-4-10(16)13(17)12(11)14(20)23-2/h4-5,9H,3,6-8H2,1-2H3,(H,21,22)/t9-/m1/s1. The molecule has 126 valence electrons. The predicted molar refractivity (Wildman–Crippen MR) is 86.5 cm³/mol. The van der Waals surface area contributed by atoms with Gasteiger partial charge in [0.05, 0.1) is 17.3 Å². The molecule has 2 rings (SSSR count). The molecule has 0 saturated carbocycles. The molecule has 0 aliphatic carbocycles. The average Bonchev–Trinajstić information content (AvgIpc) is 2.55. The summed E-state index contributed by atoms with van der Waals surface area (Å²) in [6.07, 6.45) is -0.305. The minimum Gasteiger partial charge on any atom is -0.465 e. The maximum atomic E-state index is 14.4. The number of carboxylic acid groups (broad SMARTS) is 1. The van der Waals surface area contributed by atoms with Crippen LogP contribution >= 0.6 is 15.9 Å². The molecule has 8 heteroatoms. The first-order valence-electron chi connectivity index (χ1n) is 7.21. The van der Waals surface area contributed by atoms with Gasteiger partial charge in [0.2, 0.25) is 0 Å². The molecule has 23 heavy (non-hydrogen) atoms. The number of hydrogen-bond acceptors (Lipinski definition) is 4. The van der Waals surface area contributed by atoms with Gasteiger partial charge in [0.1, 0.15) is 5.56 Å². The summed E-state index contributed by atoms with van der Waals surface area (Å²) in [5.41, 5.74) is 0.290. The van der Waals surface area contributed by atoms with Crippen LogP contribution in [0.25, 0.3) is 0 Å². The van der Waals surface area contributed by atoms with E-state index in [9.17, 15) is 14.0 Å². The van der Waals surface area contributed by atoms with Crippen molar-refractivity contribution >= 4 is 33.7 Å². The van der Waals surface area contributed by atoms with Crippen LogP contribution in [0.3, 0.4) is 0 Å². The predicted octanol–water partition coefficient (Wildman–Crippen LogP) is 2.95. The van der Waals surface area contributed by atoms with E-state index in [4.69, 9.17) is 9.84 Å². The van der Waals surface area contributed by atoms with Gasteiger partial charge >= 0.3 is 12.1 Å². The van der Waals surface area contributed by atoms with Crippen molar-refractivity contribution < 1.29 is 23.8 Å². The molecule has 1 saturated heterocycles. The number of anilines is 1. The molecule has 0 unspecified atom stereocenters. The van der Waals surface area contributed by atoms with E-state index in [1.165, 1.54) is 18.1 Å². The molecule has 1 amide bonds. The van der Waals surface area contributed by atoms with Crippen molar-refractivity contribution in [3.63, 3.8) is 0 Å². The molecule has 1 heterocycles. The number of amides is 1. The largest absolute Gasteiger partial charge is 0.465 e. The van der Waals surface area contributed by atoms with E-state index in [-0.39, 0.29) is 16.1 Å². The Morgan fingerprint density at radius 3 is 2.70 bits per heavy atom. The highest BCUT2D eigenvalue weighted by molar-refractivity contribution is 9.10. The summed E-state index contributed by atoms with van der Waals surface area (Å²) < 4.78 is 19.3. The lowest BCUT2D eigenvalue weighted by atomic mass is 10.0. The number of rotatable bonds is 3. The Labute approximate surface area is 141 Å². The first-order chi connectivity index (χ1) is 10.9. The lowest BCUT2D eigenvalue weighted by molar-refractivity contribution is 0.0595. The Balaban J connectivity index is 2.43. The Morgan fingerprint density at radius 2 is 2.13 bits per heavy atom. The van der Waals surface area contributed by atoms with Crippen LogP contribution in [0.1, 0.15) is 23.7 Å². The molecule has 0 spiro atoms. The summed E-state index contributed by atoms with van der Waals surface area (Å²) >= 11 is 3.08. The monoisotopic (exact) mass is 388 g/mol. The first kappa shape index (κ1) is 17.5. The SMILES string of the molecule is CC[C@@H]1CN(C(=O)O)CCN1c1ccc(Br)c(F)c1C(=O)OC. The summed E-state index contributed by atoms with van der Waals surface area (Å²) in [7, 11) is 1.20. The van der Waals surface area contributed by atoms with Crippen molar-refractivity contribution in [3.8, 4) is 0 Å². The number of ether oxygens (including phenoxy) is 1. The van der Waals surface area contributed by atoms with E-state index in [0.29, 0.717) is 31.7 Å². The van der Waals surface area contributed by atoms with Crippen LogP contribution < -0.4 is 4.90 Å². The highest BCUT2D eigenvalue weighted by atomic mass is 79.9. The highest BCUT2D eigenvalue weighted by Crippen LogP contribution is 2.32. The molecule has 1 aromatic carbocycles. The van der Waals surface area contributed by atoms with E-state index in [0.717, 1.165) is 0 Å². The Bertz CT molecular complexity index is 626. The zero-order valence-corrected chi connectivity index (χ0v) is 14.5. The quantitative estimate of drug-likeness (QED) is 0.806. The number of methoxy groups -OCH3 is 1.